The standard InChI is InChI=1S/C12H14N4O/c1-9(2)16-11(5-7-14-16)15-12(17)10-4-3-6-13-8-10/h3-9H,1-2H3,(H,15,17). The molecule has 17 heavy (non-hydrogen) atoms. The van der Waals surface area contributed by atoms with E-state index in [1.54, 1.807) is 35.3 Å². The number of nitrogens with one attached hydrogen (secondary N) is 1. The van der Waals surface area contributed by atoms with Crippen molar-refractivity contribution in [1.82, 2.24) is 14.8 Å². The van der Waals surface area contributed by atoms with Gasteiger partial charge in [0.15, 0.2) is 0 Å². The highest BCUT2D eigenvalue weighted by atomic mass is 16.1. The Morgan fingerprint density at radius 2 is 2.18 bits per heavy atom. The van der Waals surface area contributed by atoms with Gasteiger partial charge in [0.05, 0.1) is 11.8 Å². The third kappa shape index (κ3) is 2.50. The SMILES string of the molecule is CC(C)n1nccc1NC(=O)c1cccnc1. The smallest absolute Gasteiger partial charge is 0.258 e. The average Bonchev–Trinajstić information content (AvgIpc) is 2.78. The molecule has 2 aromatic heterocycles. The lowest BCUT2D eigenvalue weighted by Gasteiger charge is -2.11. The molecule has 0 spiro atoms. The van der Waals surface area contributed by atoms with Crippen molar-refractivity contribution in [3.05, 3.63) is 42.4 Å². The molecule has 0 atom stereocenters. The molecule has 0 saturated carbocycles. The van der Waals surface area contributed by atoms with Crippen LogP contribution in [0.3, 0.4) is 0 Å². The molecule has 0 aliphatic heterocycles. The van der Waals surface area contributed by atoms with Crippen LogP contribution in [0.4, 0.5) is 5.82 Å². The molecule has 5 heteroatoms. The second kappa shape index (κ2) is 4.78. The van der Waals surface area contributed by atoms with Gasteiger partial charge in [-0.1, -0.05) is 0 Å². The molecule has 5 nitrogen and oxygen atoms in total. The minimum atomic E-state index is -0.180. The predicted molar refractivity (Wildman–Crippen MR) is 64.8 cm³/mol. The molecule has 2 rings (SSSR count). The van der Waals surface area contributed by atoms with Crippen LogP contribution in [-0.2, 0) is 0 Å². The zero-order valence-corrected chi connectivity index (χ0v) is 9.79. The molecule has 1 amide bonds. The van der Waals surface area contributed by atoms with Crippen LogP contribution in [-0.4, -0.2) is 20.7 Å². The summed E-state index contributed by atoms with van der Waals surface area (Å²) < 4.78 is 1.76. The molecule has 0 aromatic carbocycles. The molecule has 2 aromatic rings. The Morgan fingerprint density at radius 3 is 2.82 bits per heavy atom. The number of carbonyl (C=O) groups is 1. The lowest BCUT2D eigenvalue weighted by Crippen LogP contribution is -2.16. The minimum absolute atomic E-state index is 0.180. The first-order chi connectivity index (χ1) is 8.18. The van der Waals surface area contributed by atoms with E-state index in [9.17, 15) is 4.79 Å². The Hall–Kier alpha value is -2.17. The van der Waals surface area contributed by atoms with Crippen molar-refractivity contribution in [3.63, 3.8) is 0 Å². The van der Waals surface area contributed by atoms with E-state index < -0.39 is 0 Å². The van der Waals surface area contributed by atoms with Gasteiger partial charge in [-0.05, 0) is 26.0 Å². The number of hydrogen-bond acceptors (Lipinski definition) is 3. The van der Waals surface area contributed by atoms with Crippen LogP contribution in [0.2, 0.25) is 0 Å². The van der Waals surface area contributed by atoms with Crippen LogP contribution in [0, 0.1) is 0 Å². The van der Waals surface area contributed by atoms with E-state index in [0.29, 0.717) is 11.4 Å². The molecule has 0 saturated heterocycles. The van der Waals surface area contributed by atoms with Gasteiger partial charge >= 0.3 is 0 Å². The quantitative estimate of drug-likeness (QED) is 0.878. The van der Waals surface area contributed by atoms with Gasteiger partial charge in [-0.3, -0.25) is 9.78 Å². The summed E-state index contributed by atoms with van der Waals surface area (Å²) in [6, 6.07) is 5.43. The van der Waals surface area contributed by atoms with Crippen molar-refractivity contribution in [1.29, 1.82) is 0 Å². The summed E-state index contributed by atoms with van der Waals surface area (Å²) in [6.45, 7) is 4.01. The first-order valence-electron chi connectivity index (χ1n) is 5.43. The van der Waals surface area contributed by atoms with Gasteiger partial charge in [0.2, 0.25) is 0 Å². The summed E-state index contributed by atoms with van der Waals surface area (Å²) in [5, 5.41) is 6.96. The highest BCUT2D eigenvalue weighted by Gasteiger charge is 2.10. The van der Waals surface area contributed by atoms with E-state index in [-0.39, 0.29) is 11.9 Å². The van der Waals surface area contributed by atoms with Crippen LogP contribution in [0.25, 0.3) is 0 Å². The number of rotatable bonds is 3. The highest BCUT2D eigenvalue weighted by molar-refractivity contribution is 6.03. The Bertz CT molecular complexity index is 504. The number of amides is 1. The Labute approximate surface area is 99.5 Å². The van der Waals surface area contributed by atoms with E-state index in [0.717, 1.165) is 0 Å². The minimum Gasteiger partial charge on any atom is -0.307 e. The third-order valence-electron chi connectivity index (χ3n) is 2.32. The first kappa shape index (κ1) is 11.3. The maximum absolute atomic E-state index is 11.9. The van der Waals surface area contributed by atoms with E-state index in [1.807, 2.05) is 13.8 Å². The summed E-state index contributed by atoms with van der Waals surface area (Å²) in [5.41, 5.74) is 0.531. The molecule has 2 heterocycles. The van der Waals surface area contributed by atoms with Gasteiger partial charge in [0, 0.05) is 24.5 Å². The molecule has 0 fully saturated rings. The lowest BCUT2D eigenvalue weighted by atomic mass is 10.3. The summed E-state index contributed by atoms with van der Waals surface area (Å²) in [7, 11) is 0. The summed E-state index contributed by atoms with van der Waals surface area (Å²) in [5.74, 6) is 0.509. The predicted octanol–water partition coefficient (Wildman–Crippen LogP) is 2.11. The fourth-order valence-electron chi connectivity index (χ4n) is 1.51. The Morgan fingerprint density at radius 1 is 1.35 bits per heavy atom. The number of nitrogens with zero attached hydrogens (tertiary/aromatic N) is 3. The van der Waals surface area contributed by atoms with Crippen LogP contribution < -0.4 is 5.32 Å². The largest absolute Gasteiger partial charge is 0.307 e. The van der Waals surface area contributed by atoms with Gasteiger partial charge in [0.25, 0.3) is 5.91 Å². The van der Waals surface area contributed by atoms with Crippen molar-refractivity contribution in [2.45, 2.75) is 19.9 Å². The van der Waals surface area contributed by atoms with Gasteiger partial charge in [0.1, 0.15) is 5.82 Å². The van der Waals surface area contributed by atoms with Gasteiger partial charge in [-0.25, -0.2) is 4.68 Å². The van der Waals surface area contributed by atoms with Gasteiger partial charge in [-0.2, -0.15) is 5.10 Å². The maximum atomic E-state index is 11.9. The van der Waals surface area contributed by atoms with Crippen LogP contribution in [0.5, 0.6) is 0 Å². The van der Waals surface area contributed by atoms with E-state index >= 15 is 0 Å². The van der Waals surface area contributed by atoms with Gasteiger partial charge < -0.3 is 5.32 Å². The number of anilines is 1. The van der Waals surface area contributed by atoms with E-state index in [2.05, 4.69) is 15.4 Å². The number of aromatic nitrogens is 3. The molecule has 0 aliphatic rings. The second-order valence-corrected chi connectivity index (χ2v) is 3.95. The topological polar surface area (TPSA) is 59.8 Å². The van der Waals surface area contributed by atoms with E-state index in [4.69, 9.17) is 0 Å². The number of carbonyl (C=O) groups excluding carboxylic acids is 1. The van der Waals surface area contributed by atoms with E-state index in [1.165, 1.54) is 6.20 Å². The molecule has 88 valence electrons. The van der Waals surface area contributed by atoms with Crippen LogP contribution in [0.15, 0.2) is 36.8 Å². The second-order valence-electron chi connectivity index (χ2n) is 3.95. The lowest BCUT2D eigenvalue weighted by molar-refractivity contribution is 0.102. The molecular formula is C12H14N4O. The summed E-state index contributed by atoms with van der Waals surface area (Å²) in [6.07, 6.45) is 4.83. The van der Waals surface area contributed by atoms with Crippen molar-refractivity contribution < 1.29 is 4.79 Å². The van der Waals surface area contributed by atoms with Crippen LogP contribution >= 0.6 is 0 Å². The van der Waals surface area contributed by atoms with Crippen molar-refractivity contribution in [2.75, 3.05) is 5.32 Å². The fourth-order valence-corrected chi connectivity index (χ4v) is 1.51. The molecule has 1 N–H and O–H groups in total. The van der Waals surface area contributed by atoms with Crippen molar-refractivity contribution >= 4 is 11.7 Å². The molecule has 0 bridgehead atoms. The molecule has 0 radical (unpaired) electrons. The highest BCUT2D eigenvalue weighted by Crippen LogP contribution is 2.13. The van der Waals surface area contributed by atoms with Crippen LogP contribution in [0.1, 0.15) is 30.2 Å². The molecule has 0 unspecified atom stereocenters. The maximum Gasteiger partial charge on any atom is 0.258 e. The number of pyridine rings is 1. The monoisotopic (exact) mass is 230 g/mol. The normalized spacial score (nSPS) is 10.5. The average molecular weight is 230 g/mol. The zero-order valence-electron chi connectivity index (χ0n) is 9.79. The Kier molecular flexibility index (Phi) is 3.18. The number of hydrogen-bond donors (Lipinski definition) is 1. The third-order valence-corrected chi connectivity index (χ3v) is 2.32. The summed E-state index contributed by atoms with van der Waals surface area (Å²) in [4.78, 5) is 15.8. The molecular weight excluding hydrogens is 216 g/mol. The summed E-state index contributed by atoms with van der Waals surface area (Å²) >= 11 is 0. The van der Waals surface area contributed by atoms with Crippen molar-refractivity contribution in [3.8, 4) is 0 Å². The van der Waals surface area contributed by atoms with Gasteiger partial charge in [-0.15, -0.1) is 0 Å². The first-order valence-corrected chi connectivity index (χ1v) is 5.43. The molecule has 0 aliphatic carbocycles. The van der Waals surface area contributed by atoms with Crippen molar-refractivity contribution in [2.24, 2.45) is 0 Å². The fraction of sp³-hybridized carbons (Fsp3) is 0.250. The Balaban J connectivity index is 2.16. The zero-order chi connectivity index (χ0) is 12.3.